The van der Waals surface area contributed by atoms with Crippen LogP contribution in [0.5, 0.6) is 0 Å². The van der Waals surface area contributed by atoms with Crippen molar-refractivity contribution in [2.24, 2.45) is 5.73 Å². The largest absolute Gasteiger partial charge is 0.480 e. The van der Waals surface area contributed by atoms with Gasteiger partial charge in [-0.25, -0.2) is 4.79 Å². The van der Waals surface area contributed by atoms with E-state index < -0.39 is 41.8 Å². The van der Waals surface area contributed by atoms with Gasteiger partial charge in [0.2, 0.25) is 17.7 Å². The Morgan fingerprint density at radius 2 is 1.44 bits per heavy atom. The zero-order chi connectivity index (χ0) is 29.4. The predicted molar refractivity (Wildman–Crippen MR) is 159 cm³/mol. The van der Waals surface area contributed by atoms with Crippen LogP contribution in [-0.2, 0) is 32.0 Å². The quantitative estimate of drug-likeness (QED) is 0.119. The summed E-state index contributed by atoms with van der Waals surface area (Å²) in [6, 6.07) is 12.1. The van der Waals surface area contributed by atoms with E-state index in [4.69, 9.17) is 5.73 Å². The average molecular weight is 579 g/mol. The number of aliphatic carboxylic acids is 1. The topological polar surface area (TPSA) is 182 Å². The highest BCUT2D eigenvalue weighted by Crippen LogP contribution is 2.20. The lowest BCUT2D eigenvalue weighted by molar-refractivity contribution is -0.142. The number of carbonyl (C=O) groups excluding carboxylic acids is 3. The summed E-state index contributed by atoms with van der Waals surface area (Å²) < 4.78 is 0. The first-order chi connectivity index (χ1) is 19.8. The second-order valence-electron chi connectivity index (χ2n) is 9.75. The van der Waals surface area contributed by atoms with Crippen molar-refractivity contribution in [2.75, 3.05) is 18.6 Å². The van der Waals surface area contributed by atoms with E-state index in [9.17, 15) is 24.3 Å². The van der Waals surface area contributed by atoms with E-state index in [1.165, 1.54) is 11.8 Å². The summed E-state index contributed by atoms with van der Waals surface area (Å²) in [5.41, 5.74) is 9.54. The molecule has 0 aliphatic carbocycles. The summed E-state index contributed by atoms with van der Waals surface area (Å²) in [5, 5.41) is 19.4. The van der Waals surface area contributed by atoms with Crippen LogP contribution in [0.3, 0.4) is 0 Å². The summed E-state index contributed by atoms with van der Waals surface area (Å²) in [4.78, 5) is 56.6. The minimum atomic E-state index is -1.20. The number of benzene rings is 2. The summed E-state index contributed by atoms with van der Waals surface area (Å²) in [6.07, 6.45) is 6.03. The molecule has 0 spiro atoms. The molecule has 2 aromatic carbocycles. The van der Waals surface area contributed by atoms with Crippen molar-refractivity contribution in [1.82, 2.24) is 25.9 Å². The minimum absolute atomic E-state index is 0.0681. The van der Waals surface area contributed by atoms with E-state index in [2.05, 4.69) is 25.9 Å². The van der Waals surface area contributed by atoms with Crippen molar-refractivity contribution in [1.29, 1.82) is 0 Å². The Labute approximate surface area is 241 Å². The Balaban J connectivity index is 1.32. The first-order valence-electron chi connectivity index (χ1n) is 13.2. The third kappa shape index (κ3) is 7.68. The Morgan fingerprint density at radius 1 is 0.854 bits per heavy atom. The molecule has 0 aliphatic rings. The van der Waals surface area contributed by atoms with Crippen LogP contribution in [0, 0.1) is 0 Å². The van der Waals surface area contributed by atoms with Gasteiger partial charge in [0.1, 0.15) is 12.1 Å². The van der Waals surface area contributed by atoms with Gasteiger partial charge >= 0.3 is 5.97 Å². The van der Waals surface area contributed by atoms with Gasteiger partial charge in [0.25, 0.3) is 0 Å². The number of aromatic nitrogens is 2. The van der Waals surface area contributed by atoms with Crippen molar-refractivity contribution < 1.29 is 24.3 Å². The second kappa shape index (κ2) is 13.9. The van der Waals surface area contributed by atoms with Gasteiger partial charge in [-0.2, -0.15) is 11.8 Å². The van der Waals surface area contributed by atoms with Crippen LogP contribution in [0.15, 0.2) is 60.9 Å². The van der Waals surface area contributed by atoms with Crippen molar-refractivity contribution in [3.8, 4) is 0 Å². The van der Waals surface area contributed by atoms with E-state index in [0.717, 1.165) is 32.9 Å². The molecule has 0 fully saturated rings. The summed E-state index contributed by atoms with van der Waals surface area (Å²) in [7, 11) is 0. The maximum atomic E-state index is 13.1. The molecule has 3 unspecified atom stereocenters. The summed E-state index contributed by atoms with van der Waals surface area (Å²) >= 11 is 1.49. The van der Waals surface area contributed by atoms with E-state index in [1.54, 1.807) is 6.20 Å². The third-order valence-corrected chi connectivity index (χ3v) is 7.49. The van der Waals surface area contributed by atoms with Gasteiger partial charge in [-0.3, -0.25) is 14.4 Å². The van der Waals surface area contributed by atoms with Gasteiger partial charge in [0.15, 0.2) is 0 Å². The molecule has 4 aromatic rings. The number of carbonyl (C=O) groups is 4. The summed E-state index contributed by atoms with van der Waals surface area (Å²) in [6.45, 7) is -0.374. The molecule has 41 heavy (non-hydrogen) atoms. The number of amides is 3. The number of carboxylic acids is 1. The third-order valence-electron chi connectivity index (χ3n) is 6.85. The lowest BCUT2D eigenvalue weighted by Gasteiger charge is -2.21. The summed E-state index contributed by atoms with van der Waals surface area (Å²) in [5.74, 6) is -2.32. The number of aromatic amines is 2. The molecular weight excluding hydrogens is 544 g/mol. The molecule has 216 valence electrons. The van der Waals surface area contributed by atoms with Crippen LogP contribution in [-0.4, -0.2) is 75.4 Å². The van der Waals surface area contributed by atoms with Gasteiger partial charge in [-0.15, -0.1) is 0 Å². The molecule has 4 rings (SSSR count). The second-order valence-corrected chi connectivity index (χ2v) is 10.7. The Bertz CT molecular complexity index is 1530. The van der Waals surface area contributed by atoms with Gasteiger partial charge in [-0.1, -0.05) is 36.4 Å². The highest BCUT2D eigenvalue weighted by Gasteiger charge is 2.27. The SMILES string of the molecule is CSCCC(NC(=O)CNC(=O)C(N)Cc1c[nH]c2ccccc12)C(=O)NC(Cc1c[nH]c2ccccc12)C(=O)O. The van der Waals surface area contributed by atoms with Crippen LogP contribution in [0.1, 0.15) is 17.5 Å². The molecule has 0 saturated carbocycles. The first-order valence-corrected chi connectivity index (χ1v) is 14.6. The van der Waals surface area contributed by atoms with Crippen LogP contribution in [0.25, 0.3) is 21.8 Å². The minimum Gasteiger partial charge on any atom is -0.480 e. The molecule has 12 heteroatoms. The lowest BCUT2D eigenvalue weighted by atomic mass is 10.0. The van der Waals surface area contributed by atoms with Crippen LogP contribution < -0.4 is 21.7 Å². The Kier molecular flexibility index (Phi) is 10.0. The molecule has 11 nitrogen and oxygen atoms in total. The van der Waals surface area contributed by atoms with E-state index in [-0.39, 0.29) is 25.8 Å². The Morgan fingerprint density at radius 3 is 2.02 bits per heavy atom. The molecule has 0 radical (unpaired) electrons. The van der Waals surface area contributed by atoms with Crippen molar-refractivity contribution >= 4 is 57.3 Å². The van der Waals surface area contributed by atoms with E-state index in [0.29, 0.717) is 5.75 Å². The average Bonchev–Trinajstić information content (AvgIpc) is 3.57. The number of carboxylic acid groups (broad SMARTS) is 1. The van der Waals surface area contributed by atoms with Gasteiger partial charge in [-0.05, 0) is 48.1 Å². The zero-order valence-electron chi connectivity index (χ0n) is 22.6. The van der Waals surface area contributed by atoms with E-state index >= 15 is 0 Å². The van der Waals surface area contributed by atoms with Gasteiger partial charge in [0.05, 0.1) is 12.6 Å². The van der Waals surface area contributed by atoms with Crippen molar-refractivity contribution in [2.45, 2.75) is 37.4 Å². The number of thioether (sulfide) groups is 1. The fourth-order valence-corrected chi connectivity index (χ4v) is 5.14. The number of hydrogen-bond donors (Lipinski definition) is 7. The molecule has 2 aromatic heterocycles. The zero-order valence-corrected chi connectivity index (χ0v) is 23.4. The van der Waals surface area contributed by atoms with E-state index in [1.807, 2.05) is 61.0 Å². The monoisotopic (exact) mass is 578 g/mol. The molecule has 2 heterocycles. The number of fused-ring (bicyclic) bond motifs is 2. The normalized spacial score (nSPS) is 13.4. The van der Waals surface area contributed by atoms with Gasteiger partial charge in [0, 0.05) is 40.6 Å². The standard InChI is InChI=1S/C29H34N6O5S/c1-41-11-10-24(28(38)35-25(29(39)40)13-18-15-32-23-9-5-3-7-20(18)23)34-26(36)16-33-27(37)21(30)12-17-14-31-22-8-4-2-6-19(17)22/h2-9,14-15,21,24-25,31-32H,10-13,16,30H2,1H3,(H,33,37)(H,34,36)(H,35,38)(H,39,40). The number of H-pyrrole nitrogens is 2. The number of nitrogens with one attached hydrogen (secondary N) is 5. The van der Waals surface area contributed by atoms with Crippen LogP contribution in [0.4, 0.5) is 0 Å². The van der Waals surface area contributed by atoms with Crippen LogP contribution in [0.2, 0.25) is 0 Å². The fourth-order valence-electron chi connectivity index (χ4n) is 4.67. The number of nitrogens with two attached hydrogens (primary N) is 1. The maximum absolute atomic E-state index is 13.1. The van der Waals surface area contributed by atoms with Gasteiger partial charge < -0.3 is 36.8 Å². The lowest BCUT2D eigenvalue weighted by Crippen LogP contribution is -2.54. The van der Waals surface area contributed by atoms with Crippen LogP contribution >= 0.6 is 11.8 Å². The highest BCUT2D eigenvalue weighted by molar-refractivity contribution is 7.98. The molecule has 0 bridgehead atoms. The molecule has 0 aliphatic heterocycles. The molecule has 3 atom stereocenters. The fraction of sp³-hybridized carbons (Fsp3) is 0.310. The smallest absolute Gasteiger partial charge is 0.326 e. The highest BCUT2D eigenvalue weighted by atomic mass is 32.2. The Hall–Kier alpha value is -4.29. The number of hydrogen-bond acceptors (Lipinski definition) is 6. The maximum Gasteiger partial charge on any atom is 0.326 e. The molecule has 8 N–H and O–H groups in total. The van der Waals surface area contributed by atoms with Crippen molar-refractivity contribution in [3.05, 3.63) is 72.1 Å². The molecule has 3 amide bonds. The predicted octanol–water partition coefficient (Wildman–Crippen LogP) is 1.69. The van der Waals surface area contributed by atoms with Crippen molar-refractivity contribution in [3.63, 3.8) is 0 Å². The molecular formula is C29H34N6O5S. The number of para-hydroxylation sites is 2. The molecule has 0 saturated heterocycles. The number of rotatable bonds is 14. The first kappa shape index (κ1) is 29.7.